The number of rotatable bonds is 8. The molecule has 1 unspecified atom stereocenters. The van der Waals surface area contributed by atoms with Crippen molar-refractivity contribution in [3.05, 3.63) is 78.1 Å². The fourth-order valence-electron chi connectivity index (χ4n) is 3.22. The number of hydrogen-bond donors (Lipinski definition) is 0. The molecule has 6 nitrogen and oxygen atoms in total. The lowest BCUT2D eigenvalue weighted by atomic mass is 10.0. The predicted octanol–water partition coefficient (Wildman–Crippen LogP) is 5.44. The first-order chi connectivity index (χ1) is 15.2. The molecule has 3 rings (SSSR count). The first-order valence-corrected chi connectivity index (χ1v) is 10.8. The number of benzene rings is 2. The largest absolute Gasteiger partial charge is 0.442 e. The van der Waals surface area contributed by atoms with Crippen LogP contribution in [0.25, 0.3) is 11.1 Å². The number of aromatic nitrogens is 2. The van der Waals surface area contributed by atoms with E-state index in [2.05, 4.69) is 5.10 Å². The third-order valence-electron chi connectivity index (χ3n) is 4.85. The molecule has 0 aliphatic heterocycles. The van der Waals surface area contributed by atoms with Crippen LogP contribution in [0.15, 0.2) is 67.0 Å². The first kappa shape index (κ1) is 23.4. The molecule has 1 atom stereocenters. The van der Waals surface area contributed by atoms with Gasteiger partial charge < -0.3 is 9.47 Å². The van der Waals surface area contributed by atoms with Gasteiger partial charge in [-0.1, -0.05) is 61.5 Å². The van der Waals surface area contributed by atoms with E-state index in [0.29, 0.717) is 19.4 Å². The molecule has 0 N–H and O–H groups in total. The van der Waals surface area contributed by atoms with Gasteiger partial charge in [0.15, 0.2) is 5.78 Å². The van der Waals surface area contributed by atoms with Crippen LogP contribution in [0.4, 0.5) is 4.79 Å². The molecule has 1 heterocycles. The Hall–Kier alpha value is -3.25. The summed E-state index contributed by atoms with van der Waals surface area (Å²) in [7, 11) is 0. The summed E-state index contributed by atoms with van der Waals surface area (Å²) < 4.78 is 12.4. The number of carbonyl (C=O) groups excluding carboxylic acids is 2. The zero-order valence-corrected chi connectivity index (χ0v) is 19.1. The summed E-state index contributed by atoms with van der Waals surface area (Å²) in [6, 6.07) is 17.5. The van der Waals surface area contributed by atoms with Crippen molar-refractivity contribution in [2.24, 2.45) is 0 Å². The second-order valence-corrected chi connectivity index (χ2v) is 8.69. The van der Waals surface area contributed by atoms with Gasteiger partial charge in [-0.25, -0.2) is 4.79 Å². The Bertz CT molecular complexity index is 1030. The highest BCUT2D eigenvalue weighted by Gasteiger charge is 2.19. The Labute approximate surface area is 189 Å². The second kappa shape index (κ2) is 10.4. The van der Waals surface area contributed by atoms with E-state index >= 15 is 0 Å². The number of ketones is 1. The molecule has 6 heteroatoms. The zero-order chi connectivity index (χ0) is 23.1. The number of hydrogen-bond acceptors (Lipinski definition) is 5. The molecule has 0 spiro atoms. The summed E-state index contributed by atoms with van der Waals surface area (Å²) in [5.41, 5.74) is 3.09. The number of ether oxygens (including phenoxy) is 2. The lowest BCUT2D eigenvalue weighted by molar-refractivity contribution is -0.130. The zero-order valence-electron chi connectivity index (χ0n) is 19.1. The minimum absolute atomic E-state index is 0.0638. The normalized spacial score (nSPS) is 12.4. The minimum Gasteiger partial charge on any atom is -0.442 e. The van der Waals surface area contributed by atoms with Crippen LogP contribution in [-0.2, 0) is 27.3 Å². The molecule has 0 bridgehead atoms. The quantitative estimate of drug-likeness (QED) is 0.472. The standard InChI is InChI=1S/C26H30N2O4/c1-5-24(31-18-20-9-7-6-8-10-20)23(29)15-19-11-13-21(14-12-19)22-16-27-28(17-22)25(30)32-26(2,3)4/h6-14,16-17,24H,5,15,18H2,1-4H3. The predicted molar refractivity (Wildman–Crippen MR) is 123 cm³/mol. The van der Waals surface area contributed by atoms with Gasteiger partial charge in [0.1, 0.15) is 11.7 Å². The van der Waals surface area contributed by atoms with Gasteiger partial charge in [-0.3, -0.25) is 4.79 Å². The first-order valence-electron chi connectivity index (χ1n) is 10.8. The maximum absolute atomic E-state index is 12.7. The number of carbonyl (C=O) groups is 2. The molecule has 0 aliphatic rings. The molecule has 3 aromatic rings. The molecular weight excluding hydrogens is 404 g/mol. The Morgan fingerprint density at radius 2 is 1.66 bits per heavy atom. The molecule has 2 aromatic carbocycles. The van der Waals surface area contributed by atoms with E-state index in [-0.39, 0.29) is 5.78 Å². The average Bonchev–Trinajstić information content (AvgIpc) is 3.25. The van der Waals surface area contributed by atoms with Crippen molar-refractivity contribution in [2.75, 3.05) is 0 Å². The van der Waals surface area contributed by atoms with Crippen molar-refractivity contribution >= 4 is 11.9 Å². The van der Waals surface area contributed by atoms with Gasteiger partial charge in [0.05, 0.1) is 12.8 Å². The fraction of sp³-hybridized carbons (Fsp3) is 0.346. The van der Waals surface area contributed by atoms with Crippen molar-refractivity contribution in [3.8, 4) is 11.1 Å². The van der Waals surface area contributed by atoms with Gasteiger partial charge in [0, 0.05) is 18.2 Å². The van der Waals surface area contributed by atoms with Crippen molar-refractivity contribution in [3.63, 3.8) is 0 Å². The summed E-state index contributed by atoms with van der Waals surface area (Å²) in [5.74, 6) is 0.0638. The second-order valence-electron chi connectivity index (χ2n) is 8.69. The highest BCUT2D eigenvalue weighted by atomic mass is 16.6. The molecule has 168 valence electrons. The van der Waals surface area contributed by atoms with E-state index < -0.39 is 17.8 Å². The highest BCUT2D eigenvalue weighted by molar-refractivity contribution is 5.85. The molecular formula is C26H30N2O4. The summed E-state index contributed by atoms with van der Waals surface area (Å²) in [6.07, 6.45) is 3.25. The molecule has 0 saturated carbocycles. The lowest BCUT2D eigenvalue weighted by Crippen LogP contribution is -2.27. The SMILES string of the molecule is CCC(OCc1ccccc1)C(=O)Cc1ccc(-c2cnn(C(=O)OC(C)(C)C)c2)cc1. The number of nitrogens with zero attached hydrogens (tertiary/aromatic N) is 2. The van der Waals surface area contributed by atoms with E-state index in [0.717, 1.165) is 22.3 Å². The summed E-state index contributed by atoms with van der Waals surface area (Å²) in [4.78, 5) is 24.9. The lowest BCUT2D eigenvalue weighted by Gasteiger charge is -2.18. The van der Waals surface area contributed by atoms with Crippen molar-refractivity contribution < 1.29 is 19.1 Å². The smallest absolute Gasteiger partial charge is 0.435 e. The molecule has 0 radical (unpaired) electrons. The van der Waals surface area contributed by atoms with Gasteiger partial charge >= 0.3 is 6.09 Å². The van der Waals surface area contributed by atoms with Crippen molar-refractivity contribution in [2.45, 2.75) is 58.8 Å². The molecule has 0 fully saturated rings. The van der Waals surface area contributed by atoms with Crippen LogP contribution in [0.5, 0.6) is 0 Å². The van der Waals surface area contributed by atoms with Gasteiger partial charge in [-0.15, -0.1) is 0 Å². The van der Waals surface area contributed by atoms with Crippen LogP contribution >= 0.6 is 0 Å². The van der Waals surface area contributed by atoms with Crippen LogP contribution in [0, 0.1) is 0 Å². The summed E-state index contributed by atoms with van der Waals surface area (Å²) in [5, 5.41) is 4.10. The average molecular weight is 435 g/mol. The maximum atomic E-state index is 12.7. The fourth-order valence-corrected chi connectivity index (χ4v) is 3.22. The molecule has 0 amide bonds. The topological polar surface area (TPSA) is 70.4 Å². The Kier molecular flexibility index (Phi) is 7.59. The van der Waals surface area contributed by atoms with Crippen LogP contribution in [-0.4, -0.2) is 33.4 Å². The van der Waals surface area contributed by atoms with E-state index in [1.54, 1.807) is 12.4 Å². The Morgan fingerprint density at radius 3 is 2.28 bits per heavy atom. The molecule has 0 saturated heterocycles. The third-order valence-corrected chi connectivity index (χ3v) is 4.85. The third kappa shape index (κ3) is 6.62. The van der Waals surface area contributed by atoms with Gasteiger partial charge in [-0.05, 0) is 43.9 Å². The van der Waals surface area contributed by atoms with Crippen LogP contribution in [0.3, 0.4) is 0 Å². The van der Waals surface area contributed by atoms with Crippen LogP contribution in [0.2, 0.25) is 0 Å². The van der Waals surface area contributed by atoms with E-state index in [1.165, 1.54) is 4.68 Å². The number of Topliss-reactive ketones (excluding diaryl/α,β-unsaturated/α-hetero) is 1. The summed E-state index contributed by atoms with van der Waals surface area (Å²) >= 11 is 0. The van der Waals surface area contributed by atoms with E-state index in [4.69, 9.17) is 9.47 Å². The van der Waals surface area contributed by atoms with Gasteiger partial charge in [0.2, 0.25) is 0 Å². The van der Waals surface area contributed by atoms with Crippen molar-refractivity contribution in [1.82, 2.24) is 9.78 Å². The Morgan fingerprint density at radius 1 is 0.969 bits per heavy atom. The van der Waals surface area contributed by atoms with Crippen molar-refractivity contribution in [1.29, 1.82) is 0 Å². The minimum atomic E-state index is -0.585. The summed E-state index contributed by atoms with van der Waals surface area (Å²) in [6.45, 7) is 7.81. The Balaban J connectivity index is 1.59. The van der Waals surface area contributed by atoms with Gasteiger partial charge in [-0.2, -0.15) is 9.78 Å². The highest BCUT2D eigenvalue weighted by Crippen LogP contribution is 2.21. The van der Waals surface area contributed by atoms with E-state index in [9.17, 15) is 9.59 Å². The van der Waals surface area contributed by atoms with Crippen LogP contribution in [0.1, 0.15) is 45.2 Å². The van der Waals surface area contributed by atoms with E-state index in [1.807, 2.05) is 82.3 Å². The van der Waals surface area contributed by atoms with Crippen LogP contribution < -0.4 is 0 Å². The molecule has 1 aromatic heterocycles. The van der Waals surface area contributed by atoms with Gasteiger partial charge in [0.25, 0.3) is 0 Å². The molecule has 32 heavy (non-hydrogen) atoms. The monoisotopic (exact) mass is 434 g/mol. The maximum Gasteiger partial charge on any atom is 0.435 e. The molecule has 0 aliphatic carbocycles.